The van der Waals surface area contributed by atoms with Crippen LogP contribution < -0.4 is 10.2 Å². The molecule has 0 radical (unpaired) electrons. The van der Waals surface area contributed by atoms with E-state index in [1.54, 1.807) is 0 Å². The van der Waals surface area contributed by atoms with Crippen LogP contribution in [0, 0.1) is 11.8 Å². The Labute approximate surface area is 152 Å². The molecule has 0 aliphatic carbocycles. The van der Waals surface area contributed by atoms with Gasteiger partial charge in [-0.05, 0) is 55.2 Å². The fourth-order valence-electron chi connectivity index (χ4n) is 4.09. The summed E-state index contributed by atoms with van der Waals surface area (Å²) in [6, 6.07) is 4.32. The molecule has 2 fully saturated rings. The molecule has 0 spiro atoms. The summed E-state index contributed by atoms with van der Waals surface area (Å²) in [5, 5.41) is 3.55. The van der Waals surface area contributed by atoms with Crippen LogP contribution in [0.5, 0.6) is 0 Å². The molecular weight excluding hydrogens is 310 g/mol. The minimum Gasteiger partial charge on any atom is -0.357 e. The number of hydrogen-bond acceptors (Lipinski definition) is 3. The third kappa shape index (κ3) is 4.86. The SMILES string of the molecule is CN=C(NCc1ccnc(N2CCCC2)c1)N1CCC(CC(C)C)C1. The fourth-order valence-corrected chi connectivity index (χ4v) is 4.09. The minimum atomic E-state index is 0.778. The third-order valence-electron chi connectivity index (χ3n) is 5.29. The van der Waals surface area contributed by atoms with Crippen molar-refractivity contribution in [3.63, 3.8) is 0 Å². The predicted molar refractivity (Wildman–Crippen MR) is 105 cm³/mol. The van der Waals surface area contributed by atoms with Crippen LogP contribution in [-0.4, -0.2) is 49.1 Å². The summed E-state index contributed by atoms with van der Waals surface area (Å²) in [6.45, 7) is 9.96. The predicted octanol–water partition coefficient (Wildman–Crippen LogP) is 3.13. The normalized spacial score (nSPS) is 21.4. The van der Waals surface area contributed by atoms with Crippen LogP contribution in [0.4, 0.5) is 5.82 Å². The molecule has 0 amide bonds. The highest BCUT2D eigenvalue weighted by Crippen LogP contribution is 2.23. The van der Waals surface area contributed by atoms with Crippen LogP contribution in [0.3, 0.4) is 0 Å². The number of aliphatic imine (C=N–C) groups is 1. The van der Waals surface area contributed by atoms with Crippen molar-refractivity contribution in [1.82, 2.24) is 15.2 Å². The van der Waals surface area contributed by atoms with Gasteiger partial charge in [-0.25, -0.2) is 4.98 Å². The van der Waals surface area contributed by atoms with Gasteiger partial charge < -0.3 is 15.1 Å². The summed E-state index contributed by atoms with van der Waals surface area (Å²) < 4.78 is 0. The molecule has 0 bridgehead atoms. The Kier molecular flexibility index (Phi) is 6.16. The van der Waals surface area contributed by atoms with Gasteiger partial charge in [0.25, 0.3) is 0 Å². The Balaban J connectivity index is 1.54. The van der Waals surface area contributed by atoms with Crippen LogP contribution >= 0.6 is 0 Å². The number of anilines is 1. The number of guanidine groups is 1. The first-order chi connectivity index (χ1) is 12.2. The van der Waals surface area contributed by atoms with E-state index in [0.717, 1.165) is 56.3 Å². The van der Waals surface area contributed by atoms with E-state index in [-0.39, 0.29) is 0 Å². The number of nitrogens with zero attached hydrogens (tertiary/aromatic N) is 4. The Bertz CT molecular complexity index is 577. The molecule has 2 saturated heterocycles. The maximum atomic E-state index is 4.54. The van der Waals surface area contributed by atoms with E-state index in [4.69, 9.17) is 0 Å². The largest absolute Gasteiger partial charge is 0.357 e. The number of nitrogens with one attached hydrogen (secondary N) is 1. The molecule has 3 heterocycles. The van der Waals surface area contributed by atoms with Gasteiger partial charge in [0.1, 0.15) is 5.82 Å². The van der Waals surface area contributed by atoms with E-state index in [0.29, 0.717) is 0 Å². The Morgan fingerprint density at radius 3 is 2.84 bits per heavy atom. The number of hydrogen-bond donors (Lipinski definition) is 1. The van der Waals surface area contributed by atoms with Gasteiger partial charge in [0.15, 0.2) is 5.96 Å². The second-order valence-electron chi connectivity index (χ2n) is 7.85. The highest BCUT2D eigenvalue weighted by molar-refractivity contribution is 5.80. The summed E-state index contributed by atoms with van der Waals surface area (Å²) in [5.41, 5.74) is 1.27. The Morgan fingerprint density at radius 1 is 1.32 bits per heavy atom. The van der Waals surface area contributed by atoms with Crippen LogP contribution in [0.15, 0.2) is 23.3 Å². The van der Waals surface area contributed by atoms with Crippen molar-refractivity contribution in [1.29, 1.82) is 0 Å². The fraction of sp³-hybridized carbons (Fsp3) is 0.700. The monoisotopic (exact) mass is 343 g/mol. The summed E-state index contributed by atoms with van der Waals surface area (Å²) >= 11 is 0. The van der Waals surface area contributed by atoms with Gasteiger partial charge in [-0.3, -0.25) is 4.99 Å². The molecule has 1 unspecified atom stereocenters. The lowest BCUT2D eigenvalue weighted by Gasteiger charge is -2.22. The first-order valence-corrected chi connectivity index (χ1v) is 9.81. The highest BCUT2D eigenvalue weighted by atomic mass is 15.3. The number of likely N-dealkylation sites (tertiary alicyclic amines) is 1. The number of rotatable bonds is 5. The summed E-state index contributed by atoms with van der Waals surface area (Å²) in [4.78, 5) is 13.8. The van der Waals surface area contributed by atoms with Crippen LogP contribution in [0.2, 0.25) is 0 Å². The zero-order valence-corrected chi connectivity index (χ0v) is 16.0. The first-order valence-electron chi connectivity index (χ1n) is 9.81. The van der Waals surface area contributed by atoms with E-state index in [1.807, 2.05) is 13.2 Å². The van der Waals surface area contributed by atoms with Gasteiger partial charge in [0.2, 0.25) is 0 Å². The second-order valence-corrected chi connectivity index (χ2v) is 7.85. The summed E-state index contributed by atoms with van der Waals surface area (Å²) in [6.07, 6.45) is 7.10. The lowest BCUT2D eigenvalue weighted by Crippen LogP contribution is -2.39. The van der Waals surface area contributed by atoms with Crippen molar-refractivity contribution in [3.05, 3.63) is 23.9 Å². The molecule has 2 aliphatic heterocycles. The van der Waals surface area contributed by atoms with Gasteiger partial charge in [0, 0.05) is 46.0 Å². The maximum Gasteiger partial charge on any atom is 0.193 e. The van der Waals surface area contributed by atoms with Crippen molar-refractivity contribution in [2.24, 2.45) is 16.8 Å². The van der Waals surface area contributed by atoms with Crippen LogP contribution in [0.1, 0.15) is 45.1 Å². The average Bonchev–Trinajstić information content (AvgIpc) is 3.27. The van der Waals surface area contributed by atoms with E-state index in [9.17, 15) is 0 Å². The van der Waals surface area contributed by atoms with Gasteiger partial charge in [-0.1, -0.05) is 13.8 Å². The second kappa shape index (κ2) is 8.54. The minimum absolute atomic E-state index is 0.778. The van der Waals surface area contributed by atoms with Crippen LogP contribution in [-0.2, 0) is 6.54 Å². The molecule has 3 rings (SSSR count). The molecular formula is C20H33N5. The zero-order chi connectivity index (χ0) is 17.6. The van der Waals surface area contributed by atoms with E-state index >= 15 is 0 Å². The van der Waals surface area contributed by atoms with Crippen molar-refractivity contribution in [3.8, 4) is 0 Å². The highest BCUT2D eigenvalue weighted by Gasteiger charge is 2.25. The van der Waals surface area contributed by atoms with Gasteiger partial charge in [-0.2, -0.15) is 0 Å². The molecule has 0 aromatic carbocycles. The molecule has 25 heavy (non-hydrogen) atoms. The van der Waals surface area contributed by atoms with Gasteiger partial charge in [-0.15, -0.1) is 0 Å². The van der Waals surface area contributed by atoms with Crippen molar-refractivity contribution in [2.75, 3.05) is 38.1 Å². The molecule has 1 atom stereocenters. The Hall–Kier alpha value is -1.78. The standard InChI is InChI=1S/C20H33N5/c1-16(2)12-18-7-11-25(15-18)20(21-3)23-14-17-6-8-22-19(13-17)24-9-4-5-10-24/h6,8,13,16,18H,4-5,7,9-12,14-15H2,1-3H3,(H,21,23). The summed E-state index contributed by atoms with van der Waals surface area (Å²) in [7, 11) is 1.89. The van der Waals surface area contributed by atoms with Crippen molar-refractivity contribution >= 4 is 11.8 Å². The van der Waals surface area contributed by atoms with Crippen LogP contribution in [0.25, 0.3) is 0 Å². The topological polar surface area (TPSA) is 43.8 Å². The molecule has 5 nitrogen and oxygen atoms in total. The third-order valence-corrected chi connectivity index (χ3v) is 5.29. The smallest absolute Gasteiger partial charge is 0.193 e. The van der Waals surface area contributed by atoms with Gasteiger partial charge >= 0.3 is 0 Å². The van der Waals surface area contributed by atoms with Gasteiger partial charge in [0.05, 0.1) is 0 Å². The van der Waals surface area contributed by atoms with Crippen molar-refractivity contribution < 1.29 is 0 Å². The maximum absolute atomic E-state index is 4.54. The number of pyridine rings is 1. The van der Waals surface area contributed by atoms with E-state index < -0.39 is 0 Å². The first kappa shape index (κ1) is 18.0. The van der Waals surface area contributed by atoms with E-state index in [1.165, 1.54) is 31.2 Å². The van der Waals surface area contributed by atoms with E-state index in [2.05, 4.69) is 51.1 Å². The molecule has 2 aliphatic rings. The molecule has 5 heteroatoms. The quantitative estimate of drug-likeness (QED) is 0.659. The molecule has 0 saturated carbocycles. The lowest BCUT2D eigenvalue weighted by atomic mass is 9.97. The number of aromatic nitrogens is 1. The Morgan fingerprint density at radius 2 is 2.12 bits per heavy atom. The molecule has 138 valence electrons. The molecule has 1 aromatic rings. The lowest BCUT2D eigenvalue weighted by molar-refractivity contribution is 0.403. The molecule has 1 aromatic heterocycles. The van der Waals surface area contributed by atoms with Crippen molar-refractivity contribution in [2.45, 2.75) is 46.1 Å². The molecule has 1 N–H and O–H groups in total. The average molecular weight is 344 g/mol. The zero-order valence-electron chi connectivity index (χ0n) is 16.0. The summed E-state index contributed by atoms with van der Waals surface area (Å²) in [5.74, 6) is 3.73.